The molecule has 0 bridgehead atoms. The molecule has 0 aromatic carbocycles. The number of nitrogens with zero attached hydrogens (tertiary/aromatic N) is 3. The molecule has 21 heavy (non-hydrogen) atoms. The summed E-state index contributed by atoms with van der Waals surface area (Å²) in [6, 6.07) is 1.68. The van der Waals surface area contributed by atoms with Gasteiger partial charge in [-0.2, -0.15) is 5.10 Å². The van der Waals surface area contributed by atoms with E-state index in [0.29, 0.717) is 5.02 Å². The molecule has 0 saturated heterocycles. The lowest BCUT2D eigenvalue weighted by Gasteiger charge is -2.19. The Morgan fingerprint density at radius 3 is 2.90 bits per heavy atom. The van der Waals surface area contributed by atoms with Crippen molar-refractivity contribution < 1.29 is 4.42 Å². The van der Waals surface area contributed by atoms with Crippen molar-refractivity contribution in [2.45, 2.75) is 25.9 Å². The molecule has 3 N–H and O–H groups in total. The van der Waals surface area contributed by atoms with Crippen molar-refractivity contribution in [3.05, 3.63) is 40.6 Å². The lowest BCUT2D eigenvalue weighted by molar-refractivity contribution is 0.365. The van der Waals surface area contributed by atoms with Gasteiger partial charge in [-0.05, 0) is 20.2 Å². The maximum absolute atomic E-state index is 6.32. The van der Waals surface area contributed by atoms with Gasteiger partial charge in [-0.15, -0.1) is 0 Å². The first kappa shape index (κ1) is 16.0. The van der Waals surface area contributed by atoms with E-state index >= 15 is 0 Å². The van der Waals surface area contributed by atoms with E-state index in [1.54, 1.807) is 12.5 Å². The molecule has 1 unspecified atom stereocenters. The number of aryl methyl sites for hydroxylation is 1. The Hall–Kier alpha value is -1.34. The molecule has 2 aromatic rings. The van der Waals surface area contributed by atoms with Crippen LogP contribution in [-0.2, 0) is 13.0 Å². The third-order valence-corrected chi connectivity index (χ3v) is 3.74. The molecule has 116 valence electrons. The molecule has 1 atom stereocenters. The van der Waals surface area contributed by atoms with E-state index in [-0.39, 0.29) is 6.04 Å². The van der Waals surface area contributed by atoms with E-state index < -0.39 is 0 Å². The monoisotopic (exact) mass is 311 g/mol. The number of aromatic nitrogens is 2. The normalized spacial score (nSPS) is 13.0. The first-order valence-corrected chi connectivity index (χ1v) is 7.34. The molecule has 0 spiro atoms. The average molecular weight is 312 g/mol. The fourth-order valence-corrected chi connectivity index (χ4v) is 2.59. The largest absolute Gasteiger partial charge is 0.469 e. The van der Waals surface area contributed by atoms with Crippen LogP contribution in [0.1, 0.15) is 30.0 Å². The second-order valence-corrected chi connectivity index (χ2v) is 5.56. The van der Waals surface area contributed by atoms with Crippen LogP contribution in [0.15, 0.2) is 22.9 Å². The molecule has 0 aliphatic heterocycles. The maximum Gasteiger partial charge on any atom is 0.108 e. The molecule has 0 fully saturated rings. The fourth-order valence-electron chi connectivity index (χ4n) is 2.34. The number of rotatable bonds is 7. The van der Waals surface area contributed by atoms with Gasteiger partial charge in [0.05, 0.1) is 35.8 Å². The molecule has 0 aliphatic rings. The summed E-state index contributed by atoms with van der Waals surface area (Å²) in [4.78, 5) is 2.10. The van der Waals surface area contributed by atoms with Crippen LogP contribution in [0, 0.1) is 0 Å². The van der Waals surface area contributed by atoms with Crippen molar-refractivity contribution in [3.63, 3.8) is 0 Å². The number of halogens is 1. The summed E-state index contributed by atoms with van der Waals surface area (Å²) in [7, 11) is 4.05. The predicted molar refractivity (Wildman–Crippen MR) is 83.0 cm³/mol. The Kier molecular flexibility index (Phi) is 5.41. The van der Waals surface area contributed by atoms with E-state index in [2.05, 4.69) is 15.4 Å². The first-order valence-electron chi connectivity index (χ1n) is 6.96. The molecule has 7 heteroatoms. The predicted octanol–water partition coefficient (Wildman–Crippen LogP) is 1.81. The second-order valence-electron chi connectivity index (χ2n) is 5.16. The lowest BCUT2D eigenvalue weighted by atomic mass is 10.0. The third kappa shape index (κ3) is 3.47. The number of nitrogens with one attached hydrogen (secondary N) is 1. The van der Waals surface area contributed by atoms with Gasteiger partial charge < -0.3 is 9.32 Å². The zero-order valence-electron chi connectivity index (χ0n) is 12.6. The molecular weight excluding hydrogens is 290 g/mol. The topological polar surface area (TPSA) is 72.2 Å². The van der Waals surface area contributed by atoms with E-state index in [9.17, 15) is 0 Å². The summed E-state index contributed by atoms with van der Waals surface area (Å²) in [6.07, 6.45) is 4.12. The van der Waals surface area contributed by atoms with Crippen LogP contribution in [0.3, 0.4) is 0 Å². The molecular formula is C14H22ClN5O. The summed E-state index contributed by atoms with van der Waals surface area (Å²) >= 11 is 6.32. The number of likely N-dealkylation sites (N-methyl/N-ethyl adjacent to an activating group) is 1. The van der Waals surface area contributed by atoms with Gasteiger partial charge in [-0.1, -0.05) is 18.5 Å². The Morgan fingerprint density at radius 1 is 1.52 bits per heavy atom. The first-order chi connectivity index (χ1) is 10.1. The summed E-state index contributed by atoms with van der Waals surface area (Å²) < 4.78 is 7.38. The van der Waals surface area contributed by atoms with Crippen LogP contribution < -0.4 is 11.3 Å². The van der Waals surface area contributed by atoms with Crippen LogP contribution in [-0.4, -0.2) is 35.3 Å². The summed E-state index contributed by atoms with van der Waals surface area (Å²) in [5, 5.41) is 4.95. The van der Waals surface area contributed by atoms with Crippen LogP contribution in [0.2, 0.25) is 5.02 Å². The van der Waals surface area contributed by atoms with Crippen LogP contribution in [0.4, 0.5) is 0 Å². The highest BCUT2D eigenvalue weighted by atomic mass is 35.5. The quantitative estimate of drug-likeness (QED) is 0.602. The van der Waals surface area contributed by atoms with Crippen molar-refractivity contribution in [2.75, 3.05) is 20.6 Å². The van der Waals surface area contributed by atoms with Crippen molar-refractivity contribution in [3.8, 4) is 0 Å². The molecule has 0 saturated carbocycles. The molecule has 6 nitrogen and oxygen atoms in total. The molecule has 0 amide bonds. The summed E-state index contributed by atoms with van der Waals surface area (Å²) in [5.41, 5.74) is 4.68. The van der Waals surface area contributed by atoms with E-state index in [4.69, 9.17) is 21.9 Å². The summed E-state index contributed by atoms with van der Waals surface area (Å²) in [6.45, 7) is 3.65. The smallest absolute Gasteiger partial charge is 0.108 e. The minimum atomic E-state index is -0.240. The molecule has 2 aromatic heterocycles. The molecule has 2 heterocycles. The van der Waals surface area contributed by atoms with Gasteiger partial charge in [0.15, 0.2) is 0 Å². The molecule has 0 radical (unpaired) electrons. The number of hydrazine groups is 1. The van der Waals surface area contributed by atoms with Crippen molar-refractivity contribution >= 4 is 11.6 Å². The number of nitrogens with two attached hydrogens (primary N) is 1. The van der Waals surface area contributed by atoms with Crippen LogP contribution in [0.25, 0.3) is 0 Å². The van der Waals surface area contributed by atoms with E-state index in [1.807, 2.05) is 31.8 Å². The number of hydrogen-bond donors (Lipinski definition) is 2. The van der Waals surface area contributed by atoms with Gasteiger partial charge in [0.25, 0.3) is 0 Å². The van der Waals surface area contributed by atoms with Gasteiger partial charge in [-0.25, -0.2) is 5.43 Å². The lowest BCUT2D eigenvalue weighted by Crippen LogP contribution is -2.32. The number of hydrogen-bond acceptors (Lipinski definition) is 5. The highest BCUT2D eigenvalue weighted by Gasteiger charge is 2.24. The zero-order valence-corrected chi connectivity index (χ0v) is 13.4. The van der Waals surface area contributed by atoms with Gasteiger partial charge in [0.2, 0.25) is 0 Å². The molecule has 0 aliphatic carbocycles. The van der Waals surface area contributed by atoms with E-state index in [0.717, 1.165) is 36.5 Å². The van der Waals surface area contributed by atoms with Crippen LogP contribution >= 0.6 is 11.6 Å². The van der Waals surface area contributed by atoms with Gasteiger partial charge in [-0.3, -0.25) is 10.5 Å². The van der Waals surface area contributed by atoms with Crippen molar-refractivity contribution in [1.29, 1.82) is 0 Å². The SMILES string of the molecule is CCc1occc1C(NN)c1c(Cl)cnn1CCN(C)C. The Bertz CT molecular complexity index is 578. The van der Waals surface area contributed by atoms with Crippen molar-refractivity contribution in [1.82, 2.24) is 20.1 Å². The number of furan rings is 1. The van der Waals surface area contributed by atoms with Gasteiger partial charge >= 0.3 is 0 Å². The highest BCUT2D eigenvalue weighted by Crippen LogP contribution is 2.30. The van der Waals surface area contributed by atoms with Crippen LogP contribution in [0.5, 0.6) is 0 Å². The van der Waals surface area contributed by atoms with Crippen molar-refractivity contribution in [2.24, 2.45) is 5.84 Å². The van der Waals surface area contributed by atoms with Gasteiger partial charge in [0, 0.05) is 18.5 Å². The minimum absolute atomic E-state index is 0.240. The fraction of sp³-hybridized carbons (Fsp3) is 0.500. The second kappa shape index (κ2) is 7.09. The average Bonchev–Trinajstić information content (AvgIpc) is 3.06. The standard InChI is InChI=1S/C14H22ClN5O/c1-4-12-10(5-8-21-12)13(18-16)14-11(15)9-17-20(14)7-6-19(2)3/h5,8-9,13,18H,4,6-7,16H2,1-3H3. The van der Waals surface area contributed by atoms with E-state index in [1.165, 1.54) is 0 Å². The maximum atomic E-state index is 6.32. The molecule has 2 rings (SSSR count). The van der Waals surface area contributed by atoms with Gasteiger partial charge in [0.1, 0.15) is 5.76 Å². The Balaban J connectivity index is 2.36. The Morgan fingerprint density at radius 2 is 2.29 bits per heavy atom. The minimum Gasteiger partial charge on any atom is -0.469 e. The zero-order chi connectivity index (χ0) is 15.4. The third-order valence-electron chi connectivity index (χ3n) is 3.44. The highest BCUT2D eigenvalue weighted by molar-refractivity contribution is 6.31. The summed E-state index contributed by atoms with van der Waals surface area (Å²) in [5.74, 6) is 6.67. The Labute approximate surface area is 129 Å².